The molecule has 0 spiro atoms. The number of aromatic hydroxyl groups is 1. The fourth-order valence-corrected chi connectivity index (χ4v) is 3.93. The minimum absolute atomic E-state index is 0.0617. The Labute approximate surface area is 152 Å². The Morgan fingerprint density at radius 3 is 2.81 bits per heavy atom. The molecule has 3 N–H and O–H groups in total. The molecule has 1 aromatic carbocycles. The molecule has 0 radical (unpaired) electrons. The molecule has 3 aromatic rings. The lowest BCUT2D eigenvalue weighted by Gasteiger charge is -2.16. The van der Waals surface area contributed by atoms with Crippen LogP contribution in [-0.2, 0) is 7.05 Å². The molecule has 0 aliphatic carbocycles. The number of nitrogens with zero attached hydrogens (tertiary/aromatic N) is 2. The second kappa shape index (κ2) is 6.40. The van der Waals surface area contributed by atoms with Crippen molar-refractivity contribution in [2.75, 3.05) is 0 Å². The quantitative estimate of drug-likeness (QED) is 0.647. The summed E-state index contributed by atoms with van der Waals surface area (Å²) in [5.74, 6) is -0.151. The number of aromatic nitrogens is 1. The van der Waals surface area contributed by atoms with Crippen LogP contribution < -0.4 is 16.4 Å². The fourth-order valence-electron chi connectivity index (χ4n) is 3.15. The van der Waals surface area contributed by atoms with Crippen molar-refractivity contribution < 1.29 is 9.90 Å². The predicted octanol–water partition coefficient (Wildman–Crippen LogP) is 2.45. The highest BCUT2D eigenvalue weighted by Gasteiger charge is 2.26. The summed E-state index contributed by atoms with van der Waals surface area (Å²) in [6.45, 7) is 0. The number of amides is 2. The smallest absolute Gasteiger partial charge is 0.355 e. The van der Waals surface area contributed by atoms with Crippen LogP contribution >= 0.6 is 11.3 Å². The molecule has 0 fully saturated rings. The van der Waals surface area contributed by atoms with Crippen LogP contribution in [-0.4, -0.2) is 21.4 Å². The lowest BCUT2D eigenvalue weighted by Crippen LogP contribution is -2.36. The van der Waals surface area contributed by atoms with Crippen LogP contribution in [0.4, 0.5) is 4.79 Å². The molecule has 7 nitrogen and oxygen atoms in total. The summed E-state index contributed by atoms with van der Waals surface area (Å²) < 4.78 is 1.46. The van der Waals surface area contributed by atoms with Crippen LogP contribution in [0.1, 0.15) is 22.9 Å². The molecule has 0 saturated carbocycles. The Morgan fingerprint density at radius 2 is 2.04 bits per heavy atom. The molecule has 2 amide bonds. The second-order valence-electron chi connectivity index (χ2n) is 6.01. The normalized spacial score (nSPS) is 17.7. The van der Waals surface area contributed by atoms with Crippen molar-refractivity contribution in [3.63, 3.8) is 0 Å². The first-order chi connectivity index (χ1) is 12.6. The number of hydrazine groups is 1. The van der Waals surface area contributed by atoms with Gasteiger partial charge in [0.2, 0.25) is 0 Å². The zero-order chi connectivity index (χ0) is 18.3. The summed E-state index contributed by atoms with van der Waals surface area (Å²) in [7, 11) is 1.64. The number of carbonyl (C=O) groups is 1. The van der Waals surface area contributed by atoms with Gasteiger partial charge in [-0.1, -0.05) is 18.2 Å². The molecule has 3 heterocycles. The third-order valence-corrected chi connectivity index (χ3v) is 5.42. The van der Waals surface area contributed by atoms with Gasteiger partial charge in [0.25, 0.3) is 5.56 Å². The number of carbonyl (C=O) groups excluding carboxylic acids is 1. The van der Waals surface area contributed by atoms with E-state index in [4.69, 9.17) is 0 Å². The number of thiophene rings is 1. The van der Waals surface area contributed by atoms with Crippen LogP contribution in [0.5, 0.6) is 5.75 Å². The average Bonchev–Trinajstić information content (AvgIpc) is 3.11. The van der Waals surface area contributed by atoms with Crippen molar-refractivity contribution in [1.29, 1.82) is 0 Å². The molecular formula is C18H16N4O3S. The number of rotatable bonds is 2. The number of benzene rings is 1. The number of hydrogen-bond donors (Lipinski definition) is 3. The number of urea groups is 1. The molecular weight excluding hydrogens is 352 g/mol. The van der Waals surface area contributed by atoms with Gasteiger partial charge >= 0.3 is 6.03 Å². The van der Waals surface area contributed by atoms with Crippen molar-refractivity contribution in [2.45, 2.75) is 12.5 Å². The Hall–Kier alpha value is -2.97. The second-order valence-corrected chi connectivity index (χ2v) is 6.99. The van der Waals surface area contributed by atoms with Gasteiger partial charge < -0.3 is 9.67 Å². The van der Waals surface area contributed by atoms with Crippen LogP contribution in [0.2, 0.25) is 0 Å². The van der Waals surface area contributed by atoms with Gasteiger partial charge in [-0.15, -0.1) is 11.3 Å². The van der Waals surface area contributed by atoms with E-state index < -0.39 is 6.03 Å². The minimum Gasteiger partial charge on any atom is -0.506 e. The fraction of sp³-hybridized carbons (Fsp3) is 0.167. The zero-order valence-electron chi connectivity index (χ0n) is 13.9. The molecule has 1 aliphatic heterocycles. The summed E-state index contributed by atoms with van der Waals surface area (Å²) in [6, 6.07) is 10.1. The lowest BCUT2D eigenvalue weighted by atomic mass is 10.00. The maximum atomic E-state index is 12.9. The van der Waals surface area contributed by atoms with E-state index in [0.29, 0.717) is 17.3 Å². The van der Waals surface area contributed by atoms with Gasteiger partial charge in [-0.3, -0.25) is 10.2 Å². The molecule has 1 atom stereocenters. The standard InChI is InChI=1S/C18H16N4O3S/c1-22-13-6-3-2-5-10(13)16(23)15(17(22)24)12-9-11(14-7-4-8-26-14)20-21-18(25)19-12/h2-8,11,20,23H,9H2,1H3,(H,21,25)/t11-/m0/s1. The van der Waals surface area contributed by atoms with E-state index in [9.17, 15) is 14.7 Å². The summed E-state index contributed by atoms with van der Waals surface area (Å²) in [4.78, 5) is 29.9. The molecule has 4 rings (SSSR count). The molecule has 132 valence electrons. The summed E-state index contributed by atoms with van der Waals surface area (Å²) >= 11 is 1.54. The molecule has 26 heavy (non-hydrogen) atoms. The van der Waals surface area contributed by atoms with Crippen molar-refractivity contribution in [2.24, 2.45) is 12.0 Å². The van der Waals surface area contributed by atoms with Gasteiger partial charge in [-0.05, 0) is 23.6 Å². The minimum atomic E-state index is -0.603. The van der Waals surface area contributed by atoms with E-state index in [1.54, 1.807) is 31.3 Å². The van der Waals surface area contributed by atoms with E-state index in [-0.39, 0.29) is 28.6 Å². The SMILES string of the molecule is Cn1c(=O)c(C2=NC(=O)NN[C@H](c3cccs3)C2)c(O)c2ccccc21. The average molecular weight is 368 g/mol. The van der Waals surface area contributed by atoms with Crippen molar-refractivity contribution >= 4 is 34.0 Å². The number of nitrogens with one attached hydrogen (secondary N) is 2. The van der Waals surface area contributed by atoms with Crippen LogP contribution in [0, 0.1) is 0 Å². The monoisotopic (exact) mass is 368 g/mol. The highest BCUT2D eigenvalue weighted by atomic mass is 32.1. The molecule has 1 aliphatic rings. The Bertz CT molecular complexity index is 1090. The van der Waals surface area contributed by atoms with E-state index in [0.717, 1.165) is 4.88 Å². The topological polar surface area (TPSA) is 95.7 Å². The van der Waals surface area contributed by atoms with Gasteiger partial charge in [0.05, 0.1) is 17.3 Å². The van der Waals surface area contributed by atoms with Gasteiger partial charge in [0.1, 0.15) is 11.3 Å². The van der Waals surface area contributed by atoms with Crippen LogP contribution in [0.3, 0.4) is 0 Å². The number of fused-ring (bicyclic) bond motifs is 1. The molecule has 0 saturated heterocycles. The zero-order valence-corrected chi connectivity index (χ0v) is 14.7. The van der Waals surface area contributed by atoms with Crippen LogP contribution in [0.25, 0.3) is 10.9 Å². The van der Waals surface area contributed by atoms with E-state index in [1.165, 1.54) is 15.9 Å². The molecule has 0 unspecified atom stereocenters. The first-order valence-corrected chi connectivity index (χ1v) is 8.91. The Balaban J connectivity index is 1.90. The number of aliphatic imine (C=N–C) groups is 1. The highest BCUT2D eigenvalue weighted by Crippen LogP contribution is 2.30. The summed E-state index contributed by atoms with van der Waals surface area (Å²) in [5.41, 5.74) is 5.99. The Morgan fingerprint density at radius 1 is 1.23 bits per heavy atom. The van der Waals surface area contributed by atoms with Gasteiger partial charge in [-0.25, -0.2) is 10.2 Å². The van der Waals surface area contributed by atoms with E-state index in [1.807, 2.05) is 17.5 Å². The van der Waals surface area contributed by atoms with Gasteiger partial charge in [-0.2, -0.15) is 4.99 Å². The Kier molecular flexibility index (Phi) is 4.06. The molecule has 2 aromatic heterocycles. The lowest BCUT2D eigenvalue weighted by molar-refractivity contribution is 0.244. The largest absolute Gasteiger partial charge is 0.506 e. The third-order valence-electron chi connectivity index (χ3n) is 4.44. The van der Waals surface area contributed by atoms with Crippen molar-refractivity contribution in [3.8, 4) is 5.75 Å². The van der Waals surface area contributed by atoms with E-state index in [2.05, 4.69) is 15.8 Å². The summed E-state index contributed by atoms with van der Waals surface area (Å²) in [6.07, 6.45) is 0.292. The van der Waals surface area contributed by atoms with Crippen LogP contribution in [0.15, 0.2) is 51.6 Å². The molecule has 0 bridgehead atoms. The summed E-state index contributed by atoms with van der Waals surface area (Å²) in [5, 5.41) is 13.2. The number of hydrogen-bond acceptors (Lipinski definition) is 5. The maximum absolute atomic E-state index is 12.9. The highest BCUT2D eigenvalue weighted by molar-refractivity contribution is 7.10. The first-order valence-electron chi connectivity index (χ1n) is 8.04. The van der Waals surface area contributed by atoms with Crippen molar-refractivity contribution in [1.82, 2.24) is 15.4 Å². The number of aryl methyl sites for hydroxylation is 1. The number of para-hydroxylation sites is 1. The van der Waals surface area contributed by atoms with Gasteiger partial charge in [0, 0.05) is 23.7 Å². The third kappa shape index (κ3) is 2.69. The van der Waals surface area contributed by atoms with Crippen molar-refractivity contribution in [3.05, 3.63) is 62.6 Å². The predicted molar refractivity (Wildman–Crippen MR) is 101 cm³/mol. The molecule has 8 heteroatoms. The van der Waals surface area contributed by atoms with Gasteiger partial charge in [0.15, 0.2) is 0 Å². The first kappa shape index (κ1) is 16.5. The maximum Gasteiger partial charge on any atom is 0.355 e. The number of pyridine rings is 1. The van der Waals surface area contributed by atoms with E-state index >= 15 is 0 Å².